The molecule has 2 aromatic carbocycles. The molecule has 0 saturated heterocycles. The van der Waals surface area contributed by atoms with Crippen LogP contribution in [0.3, 0.4) is 0 Å². The zero-order chi connectivity index (χ0) is 17.4. The number of Topliss-reactive ketones (excluding diaryl/α,β-unsaturated/α-hetero) is 1. The van der Waals surface area contributed by atoms with Crippen LogP contribution in [0, 0.1) is 27.7 Å². The first-order valence-corrected chi connectivity index (χ1v) is 8.04. The van der Waals surface area contributed by atoms with Crippen LogP contribution in [-0.4, -0.2) is 11.6 Å². The molecule has 0 amide bonds. The van der Waals surface area contributed by atoms with E-state index in [1.165, 1.54) is 12.2 Å². The summed E-state index contributed by atoms with van der Waals surface area (Å²) in [6.45, 7) is 7.90. The number of aryl methyl sites for hydroxylation is 4. The maximum absolute atomic E-state index is 13.1. The first kappa shape index (κ1) is 16.1. The number of carbonyl (C=O) groups is 2. The molecule has 0 fully saturated rings. The lowest BCUT2D eigenvalue weighted by atomic mass is 9.84. The van der Waals surface area contributed by atoms with Gasteiger partial charge in [-0.05, 0) is 62.1 Å². The SMILES string of the molecule is Cc1ccc(C)c(C2=CC(=O)C=C(c3cc(C)ccc3C)C2=O)c1. The van der Waals surface area contributed by atoms with Gasteiger partial charge in [0.05, 0.1) is 0 Å². The van der Waals surface area contributed by atoms with Gasteiger partial charge in [0.2, 0.25) is 0 Å². The highest BCUT2D eigenvalue weighted by molar-refractivity contribution is 6.48. The summed E-state index contributed by atoms with van der Waals surface area (Å²) in [4.78, 5) is 25.4. The van der Waals surface area contributed by atoms with Crippen molar-refractivity contribution >= 4 is 22.7 Å². The predicted octanol–water partition coefficient (Wildman–Crippen LogP) is 4.54. The van der Waals surface area contributed by atoms with Gasteiger partial charge >= 0.3 is 0 Å². The smallest absolute Gasteiger partial charge is 0.194 e. The molecule has 3 rings (SSSR count). The first-order chi connectivity index (χ1) is 11.4. The van der Waals surface area contributed by atoms with Crippen LogP contribution >= 0.6 is 0 Å². The van der Waals surface area contributed by atoms with Crippen molar-refractivity contribution in [2.75, 3.05) is 0 Å². The third kappa shape index (κ3) is 2.88. The molecule has 0 N–H and O–H groups in total. The molecule has 1 aliphatic rings. The highest BCUT2D eigenvalue weighted by Gasteiger charge is 2.26. The minimum absolute atomic E-state index is 0.0861. The molecule has 0 heterocycles. The van der Waals surface area contributed by atoms with Gasteiger partial charge in [-0.25, -0.2) is 0 Å². The third-order valence-electron chi connectivity index (χ3n) is 4.43. The van der Waals surface area contributed by atoms with Gasteiger partial charge < -0.3 is 0 Å². The van der Waals surface area contributed by atoms with Gasteiger partial charge in [-0.3, -0.25) is 9.59 Å². The minimum atomic E-state index is -0.138. The Morgan fingerprint density at radius 1 is 0.625 bits per heavy atom. The average molecular weight is 316 g/mol. The second-order valence-electron chi connectivity index (χ2n) is 6.48. The van der Waals surface area contributed by atoms with Crippen LogP contribution in [0.25, 0.3) is 11.1 Å². The number of hydrogen-bond donors (Lipinski definition) is 0. The highest BCUT2D eigenvalue weighted by Crippen LogP contribution is 2.32. The van der Waals surface area contributed by atoms with E-state index in [-0.39, 0.29) is 11.6 Å². The van der Waals surface area contributed by atoms with Gasteiger partial charge in [-0.15, -0.1) is 0 Å². The standard InChI is InChI=1S/C22H20O2/c1-13-5-7-15(3)18(9-13)20-11-17(23)12-21(22(20)24)19-10-14(2)6-8-16(19)4/h5-12H,1-4H3. The summed E-state index contributed by atoms with van der Waals surface area (Å²) in [6, 6.07) is 11.9. The Kier molecular flexibility index (Phi) is 4.06. The topological polar surface area (TPSA) is 34.1 Å². The zero-order valence-corrected chi connectivity index (χ0v) is 14.4. The zero-order valence-electron chi connectivity index (χ0n) is 14.4. The Morgan fingerprint density at radius 2 is 1.04 bits per heavy atom. The van der Waals surface area contributed by atoms with E-state index in [9.17, 15) is 9.59 Å². The van der Waals surface area contributed by atoms with Crippen molar-refractivity contribution in [3.8, 4) is 0 Å². The van der Waals surface area contributed by atoms with Crippen LogP contribution in [0.2, 0.25) is 0 Å². The Bertz CT molecular complexity index is 853. The lowest BCUT2D eigenvalue weighted by Crippen LogP contribution is -2.14. The number of ketones is 2. The first-order valence-electron chi connectivity index (χ1n) is 8.04. The van der Waals surface area contributed by atoms with Crippen molar-refractivity contribution in [2.45, 2.75) is 27.7 Å². The summed E-state index contributed by atoms with van der Waals surface area (Å²) >= 11 is 0. The van der Waals surface area contributed by atoms with Gasteiger partial charge in [0.15, 0.2) is 11.6 Å². The molecule has 2 nitrogen and oxygen atoms in total. The van der Waals surface area contributed by atoms with Gasteiger partial charge in [0.25, 0.3) is 0 Å². The summed E-state index contributed by atoms with van der Waals surface area (Å²) in [6.07, 6.45) is 2.91. The molecular weight excluding hydrogens is 296 g/mol. The van der Waals surface area contributed by atoms with Gasteiger partial charge in [-0.1, -0.05) is 47.5 Å². The second kappa shape index (κ2) is 6.04. The monoisotopic (exact) mass is 316 g/mol. The minimum Gasteiger partial charge on any atom is -0.290 e. The Morgan fingerprint density at radius 3 is 1.46 bits per heavy atom. The molecule has 0 bridgehead atoms. The molecule has 0 unspecified atom stereocenters. The van der Waals surface area contributed by atoms with E-state index in [0.29, 0.717) is 11.1 Å². The Balaban J connectivity index is 2.13. The van der Waals surface area contributed by atoms with E-state index in [2.05, 4.69) is 0 Å². The summed E-state index contributed by atoms with van der Waals surface area (Å²) in [5, 5.41) is 0. The molecule has 1 aliphatic carbocycles. The predicted molar refractivity (Wildman–Crippen MR) is 97.8 cm³/mol. The normalized spacial score (nSPS) is 14.5. The number of hydrogen-bond acceptors (Lipinski definition) is 2. The highest BCUT2D eigenvalue weighted by atomic mass is 16.1. The van der Waals surface area contributed by atoms with Crippen LogP contribution in [0.15, 0.2) is 48.6 Å². The third-order valence-corrected chi connectivity index (χ3v) is 4.43. The summed E-state index contributed by atoms with van der Waals surface area (Å²) in [5.41, 5.74) is 6.78. The number of carbonyl (C=O) groups excluding carboxylic acids is 2. The van der Waals surface area contributed by atoms with E-state index >= 15 is 0 Å². The fourth-order valence-corrected chi connectivity index (χ4v) is 3.05. The van der Waals surface area contributed by atoms with Crippen molar-refractivity contribution in [2.24, 2.45) is 0 Å². The fraction of sp³-hybridized carbons (Fsp3) is 0.182. The lowest BCUT2D eigenvalue weighted by molar-refractivity contribution is -0.112. The fourth-order valence-electron chi connectivity index (χ4n) is 3.05. The van der Waals surface area contributed by atoms with Crippen LogP contribution in [0.5, 0.6) is 0 Å². The molecule has 0 radical (unpaired) electrons. The summed E-state index contributed by atoms with van der Waals surface area (Å²) in [5.74, 6) is -0.224. The molecule has 0 spiro atoms. The molecule has 2 heteroatoms. The summed E-state index contributed by atoms with van der Waals surface area (Å²) in [7, 11) is 0. The lowest BCUT2D eigenvalue weighted by Gasteiger charge is -2.18. The van der Waals surface area contributed by atoms with Crippen LogP contribution in [0.1, 0.15) is 33.4 Å². The van der Waals surface area contributed by atoms with E-state index in [1.54, 1.807) is 0 Å². The molecule has 0 atom stereocenters. The number of rotatable bonds is 2. The molecule has 2 aromatic rings. The number of allylic oxidation sites excluding steroid dienone is 4. The maximum Gasteiger partial charge on any atom is 0.194 e. The largest absolute Gasteiger partial charge is 0.290 e. The van der Waals surface area contributed by atoms with Crippen LogP contribution in [-0.2, 0) is 9.59 Å². The van der Waals surface area contributed by atoms with Gasteiger partial charge in [0, 0.05) is 11.1 Å². The van der Waals surface area contributed by atoms with E-state index < -0.39 is 0 Å². The average Bonchev–Trinajstić information content (AvgIpc) is 2.54. The number of benzene rings is 2. The van der Waals surface area contributed by atoms with Crippen molar-refractivity contribution in [3.05, 3.63) is 81.9 Å². The second-order valence-corrected chi connectivity index (χ2v) is 6.48. The Hall–Kier alpha value is -2.74. The van der Waals surface area contributed by atoms with Crippen molar-refractivity contribution in [1.82, 2.24) is 0 Å². The van der Waals surface area contributed by atoms with E-state index in [0.717, 1.165) is 33.4 Å². The molecule has 0 aliphatic heterocycles. The quantitative estimate of drug-likeness (QED) is 0.762. The summed E-state index contributed by atoms with van der Waals surface area (Å²) < 4.78 is 0. The molecule has 24 heavy (non-hydrogen) atoms. The van der Waals surface area contributed by atoms with E-state index in [4.69, 9.17) is 0 Å². The molecule has 0 saturated carbocycles. The van der Waals surface area contributed by atoms with Crippen LogP contribution < -0.4 is 0 Å². The van der Waals surface area contributed by atoms with Crippen molar-refractivity contribution in [1.29, 1.82) is 0 Å². The molecule has 0 aromatic heterocycles. The molecule has 120 valence electrons. The van der Waals surface area contributed by atoms with Gasteiger partial charge in [-0.2, -0.15) is 0 Å². The maximum atomic E-state index is 13.1. The van der Waals surface area contributed by atoms with Crippen molar-refractivity contribution < 1.29 is 9.59 Å². The van der Waals surface area contributed by atoms with E-state index in [1.807, 2.05) is 64.1 Å². The van der Waals surface area contributed by atoms with Crippen LogP contribution in [0.4, 0.5) is 0 Å². The Labute approximate surface area is 142 Å². The van der Waals surface area contributed by atoms with Crippen molar-refractivity contribution in [3.63, 3.8) is 0 Å². The van der Waals surface area contributed by atoms with Gasteiger partial charge in [0.1, 0.15) is 0 Å². The molecular formula is C22H20O2.